The van der Waals surface area contributed by atoms with Crippen LogP contribution in [0.5, 0.6) is 5.75 Å². The van der Waals surface area contributed by atoms with Gasteiger partial charge in [-0.25, -0.2) is 9.29 Å². The maximum Gasteiger partial charge on any atom is 0.240 e. The molecule has 35 heavy (non-hydrogen) atoms. The molecule has 174 valence electrons. The molecule has 0 radical (unpaired) electrons. The number of benzene rings is 3. The van der Waals surface area contributed by atoms with Crippen LogP contribution < -0.4 is 14.5 Å². The van der Waals surface area contributed by atoms with Crippen LogP contribution in [0.3, 0.4) is 0 Å². The van der Waals surface area contributed by atoms with E-state index in [0.717, 1.165) is 16.2 Å². The van der Waals surface area contributed by atoms with Crippen LogP contribution in [0.25, 0.3) is 6.08 Å². The number of para-hydroxylation sites is 1. The molecule has 4 atom stereocenters. The first-order valence-corrected chi connectivity index (χ1v) is 11.4. The highest BCUT2D eigenvalue weighted by molar-refractivity contribution is 6.25. The molecule has 3 heterocycles. The van der Waals surface area contributed by atoms with Crippen molar-refractivity contribution in [1.29, 1.82) is 0 Å². The normalized spacial score (nSPS) is 24.3. The van der Waals surface area contributed by atoms with Gasteiger partial charge in [0, 0.05) is 11.3 Å². The quantitative estimate of drug-likeness (QED) is 0.426. The second-order valence-electron chi connectivity index (χ2n) is 8.90. The Bertz CT molecular complexity index is 1400. The predicted octanol–water partition coefficient (Wildman–Crippen LogP) is 4.11. The van der Waals surface area contributed by atoms with Crippen LogP contribution in [0.2, 0.25) is 0 Å². The van der Waals surface area contributed by atoms with Gasteiger partial charge in [0.1, 0.15) is 17.6 Å². The average Bonchev–Trinajstić information content (AvgIpc) is 3.36. The smallest absolute Gasteiger partial charge is 0.240 e. The zero-order valence-electron chi connectivity index (χ0n) is 18.8. The number of Topliss-reactive ketones (excluding diaryl/α,β-unsaturated/α-hetero) is 1. The average molecular weight is 468 g/mol. The second kappa shape index (κ2) is 7.91. The Morgan fingerprint density at radius 1 is 0.914 bits per heavy atom. The number of ketones is 1. The van der Waals surface area contributed by atoms with E-state index in [1.54, 1.807) is 31.4 Å². The Balaban J connectivity index is 1.48. The molecule has 0 aromatic heterocycles. The molecule has 0 spiro atoms. The topological polar surface area (TPSA) is 66.9 Å². The molecular weight excluding hydrogens is 447 g/mol. The van der Waals surface area contributed by atoms with Crippen molar-refractivity contribution in [3.05, 3.63) is 95.8 Å². The molecule has 3 aromatic carbocycles. The minimum absolute atomic E-state index is 0.178. The largest absolute Gasteiger partial charge is 0.497 e. The molecule has 2 amide bonds. The summed E-state index contributed by atoms with van der Waals surface area (Å²) < 4.78 is 19.2. The standard InChI is InChI=1S/C28H21FN2O4/c1-35-20-12-9-17(10-13-20)26(32)25-24-23(22-14-11-16-5-2-3-8-21(16)31(22)25)27(33)30(28(24)34)19-7-4-6-18(29)15-19/h2-15,22-25H,1H3. The van der Waals surface area contributed by atoms with Crippen molar-refractivity contribution in [2.75, 3.05) is 16.9 Å². The zero-order chi connectivity index (χ0) is 24.3. The number of carbonyl (C=O) groups excluding carboxylic acids is 3. The molecule has 3 aliphatic rings. The van der Waals surface area contributed by atoms with Crippen molar-refractivity contribution in [2.24, 2.45) is 11.8 Å². The molecule has 0 aliphatic carbocycles. The molecule has 0 bridgehead atoms. The molecule has 6 rings (SSSR count). The monoisotopic (exact) mass is 468 g/mol. The lowest BCUT2D eigenvalue weighted by atomic mass is 9.86. The summed E-state index contributed by atoms with van der Waals surface area (Å²) in [5.74, 6) is -2.76. The van der Waals surface area contributed by atoms with Crippen molar-refractivity contribution in [3.8, 4) is 5.75 Å². The summed E-state index contributed by atoms with van der Waals surface area (Å²) in [4.78, 5) is 44.3. The SMILES string of the molecule is COc1ccc(C(=O)C2C3C(=O)N(c4cccc(F)c4)C(=O)C3C3C=Cc4ccccc4N32)cc1. The Hall–Kier alpha value is -4.26. The summed E-state index contributed by atoms with van der Waals surface area (Å²) in [6, 6.07) is 18.4. The van der Waals surface area contributed by atoms with E-state index in [1.165, 1.54) is 24.3 Å². The van der Waals surface area contributed by atoms with Gasteiger partial charge >= 0.3 is 0 Å². The van der Waals surface area contributed by atoms with E-state index >= 15 is 0 Å². The van der Waals surface area contributed by atoms with Crippen molar-refractivity contribution < 1.29 is 23.5 Å². The van der Waals surface area contributed by atoms with E-state index in [4.69, 9.17) is 4.74 Å². The number of fused-ring (bicyclic) bond motifs is 5. The Kier molecular flexibility index (Phi) is 4.81. The molecule has 4 unspecified atom stereocenters. The molecule has 6 nitrogen and oxygen atoms in total. The number of hydrogen-bond acceptors (Lipinski definition) is 5. The van der Waals surface area contributed by atoms with Crippen LogP contribution >= 0.6 is 0 Å². The fourth-order valence-electron chi connectivity index (χ4n) is 5.61. The Labute approximate surface area is 201 Å². The highest BCUT2D eigenvalue weighted by atomic mass is 19.1. The van der Waals surface area contributed by atoms with Gasteiger partial charge in [-0.05, 0) is 54.1 Å². The van der Waals surface area contributed by atoms with E-state index < -0.39 is 41.6 Å². The first-order chi connectivity index (χ1) is 17.0. The lowest BCUT2D eigenvalue weighted by molar-refractivity contribution is -0.122. The van der Waals surface area contributed by atoms with Gasteiger partial charge in [-0.3, -0.25) is 14.4 Å². The number of carbonyl (C=O) groups is 3. The van der Waals surface area contributed by atoms with E-state index in [2.05, 4.69) is 0 Å². The third kappa shape index (κ3) is 3.11. The van der Waals surface area contributed by atoms with Gasteiger partial charge in [0.25, 0.3) is 0 Å². The molecule has 3 aliphatic heterocycles. The summed E-state index contributed by atoms with van der Waals surface area (Å²) in [6.45, 7) is 0. The van der Waals surface area contributed by atoms with Gasteiger partial charge in [0.2, 0.25) is 11.8 Å². The van der Waals surface area contributed by atoms with E-state index in [9.17, 15) is 18.8 Å². The van der Waals surface area contributed by atoms with Crippen molar-refractivity contribution in [3.63, 3.8) is 0 Å². The number of nitrogens with zero attached hydrogens (tertiary/aromatic N) is 2. The fourth-order valence-corrected chi connectivity index (χ4v) is 5.61. The number of rotatable bonds is 4. The Morgan fingerprint density at radius 2 is 1.66 bits per heavy atom. The number of anilines is 2. The zero-order valence-corrected chi connectivity index (χ0v) is 18.8. The number of methoxy groups -OCH3 is 1. The summed E-state index contributed by atoms with van der Waals surface area (Å²) in [5.41, 5.74) is 2.32. The number of amides is 2. The minimum atomic E-state index is -0.902. The summed E-state index contributed by atoms with van der Waals surface area (Å²) >= 11 is 0. The van der Waals surface area contributed by atoms with Gasteiger partial charge in [-0.2, -0.15) is 0 Å². The fraction of sp³-hybridized carbons (Fsp3) is 0.179. The highest BCUT2D eigenvalue weighted by Crippen LogP contribution is 2.49. The van der Waals surface area contributed by atoms with Crippen molar-refractivity contribution >= 4 is 35.0 Å². The van der Waals surface area contributed by atoms with Crippen LogP contribution in [0.15, 0.2) is 78.9 Å². The third-order valence-electron chi connectivity index (χ3n) is 7.12. The lowest BCUT2D eigenvalue weighted by Crippen LogP contribution is -2.48. The molecule has 0 N–H and O–H groups in total. The minimum Gasteiger partial charge on any atom is -0.497 e. The van der Waals surface area contributed by atoms with Crippen LogP contribution in [-0.4, -0.2) is 36.8 Å². The summed E-state index contributed by atoms with van der Waals surface area (Å²) in [7, 11) is 1.55. The van der Waals surface area contributed by atoms with Crippen molar-refractivity contribution in [2.45, 2.75) is 12.1 Å². The van der Waals surface area contributed by atoms with Gasteiger partial charge in [-0.1, -0.05) is 36.4 Å². The van der Waals surface area contributed by atoms with E-state index in [0.29, 0.717) is 11.3 Å². The van der Waals surface area contributed by atoms with Gasteiger partial charge < -0.3 is 9.64 Å². The molecule has 0 saturated carbocycles. The lowest BCUT2D eigenvalue weighted by Gasteiger charge is -2.36. The number of imide groups is 1. The van der Waals surface area contributed by atoms with Crippen LogP contribution in [0.4, 0.5) is 15.8 Å². The molecular formula is C28H21FN2O4. The van der Waals surface area contributed by atoms with Gasteiger partial charge in [-0.15, -0.1) is 0 Å². The highest BCUT2D eigenvalue weighted by Gasteiger charge is 2.64. The van der Waals surface area contributed by atoms with E-state index in [-0.39, 0.29) is 11.5 Å². The summed E-state index contributed by atoms with van der Waals surface area (Å²) in [5, 5.41) is 0. The number of ether oxygens (including phenoxy) is 1. The second-order valence-corrected chi connectivity index (χ2v) is 8.90. The van der Waals surface area contributed by atoms with Crippen LogP contribution in [-0.2, 0) is 9.59 Å². The van der Waals surface area contributed by atoms with E-state index in [1.807, 2.05) is 41.3 Å². The number of hydrogen-bond donors (Lipinski definition) is 0. The first kappa shape index (κ1) is 21.3. The Morgan fingerprint density at radius 3 is 2.40 bits per heavy atom. The maximum absolute atomic E-state index is 14.0. The van der Waals surface area contributed by atoms with Gasteiger partial charge in [0.15, 0.2) is 5.78 Å². The molecule has 3 aromatic rings. The van der Waals surface area contributed by atoms with Crippen molar-refractivity contribution in [1.82, 2.24) is 0 Å². The third-order valence-corrected chi connectivity index (χ3v) is 7.12. The molecule has 2 fully saturated rings. The maximum atomic E-state index is 14.0. The summed E-state index contributed by atoms with van der Waals surface area (Å²) in [6.07, 6.45) is 3.82. The molecule has 2 saturated heterocycles. The predicted molar refractivity (Wildman–Crippen MR) is 129 cm³/mol. The van der Waals surface area contributed by atoms with Crippen LogP contribution in [0, 0.1) is 17.7 Å². The molecule has 7 heteroatoms. The van der Waals surface area contributed by atoms with Crippen LogP contribution in [0.1, 0.15) is 15.9 Å². The first-order valence-electron chi connectivity index (χ1n) is 11.4. The van der Waals surface area contributed by atoms with Gasteiger partial charge in [0.05, 0.1) is 30.7 Å². The number of halogens is 1.